The number of aliphatic hydroxyl groups excluding tert-OH is 5. The van der Waals surface area contributed by atoms with Crippen LogP contribution in [0.3, 0.4) is 0 Å². The number of cyclic esters (lactones) is 1. The molecule has 0 spiro atoms. The molecule has 21 unspecified atom stereocenters. The summed E-state index contributed by atoms with van der Waals surface area (Å²) in [5, 5.41) is 66.0. The summed E-state index contributed by atoms with van der Waals surface area (Å²) in [4.78, 5) is 41.4. The first kappa shape index (κ1) is 53.3. The molecule has 18 nitrogen and oxygen atoms in total. The summed E-state index contributed by atoms with van der Waals surface area (Å²) in [6.07, 6.45) is -10.0. The Balaban J connectivity index is 1.62. The summed E-state index contributed by atoms with van der Waals surface area (Å²) >= 11 is 0. The van der Waals surface area contributed by atoms with Crippen LogP contribution in [-0.2, 0) is 52.3 Å². The Hall–Kier alpha value is -2.27. The second kappa shape index (κ2) is 23.5. The number of likely N-dealkylation sites (N-methyl/N-ethyl adjacent to an activating group) is 1. The van der Waals surface area contributed by atoms with Crippen molar-refractivity contribution >= 4 is 18.0 Å². The minimum Gasteiger partial charge on any atom is -0.462 e. The number of nitrogens with zero attached hydrogens (tertiary/aromatic N) is 1. The molecule has 0 aromatic rings. The molecule has 6 N–H and O–H groups in total. The quantitative estimate of drug-likeness (QED) is 0.119. The molecule has 0 saturated carbocycles. The van der Waals surface area contributed by atoms with Gasteiger partial charge in [-0.1, -0.05) is 38.5 Å². The average molecular weight is 902 g/mol. The van der Waals surface area contributed by atoms with Crippen LogP contribution >= 0.6 is 0 Å². The fraction of sp³-hybridized carbons (Fsp3) is 0.844. The Labute approximate surface area is 371 Å². The molecule has 21 atom stereocenters. The molecule has 0 aliphatic carbocycles. The van der Waals surface area contributed by atoms with Gasteiger partial charge in [-0.15, -0.1) is 0 Å². The summed E-state index contributed by atoms with van der Waals surface area (Å²) in [7, 11) is 4.86. The van der Waals surface area contributed by atoms with E-state index in [1.54, 1.807) is 66.6 Å². The minimum absolute atomic E-state index is 0.0407. The Bertz CT molecular complexity index is 1540. The first-order valence-electron chi connectivity index (χ1n) is 22.3. The van der Waals surface area contributed by atoms with Gasteiger partial charge in [0.1, 0.15) is 49.0 Å². The number of carbonyl (C=O) groups excluding carboxylic acids is 3. The molecule has 3 saturated heterocycles. The van der Waals surface area contributed by atoms with E-state index in [9.17, 15) is 45.0 Å². The second-order valence-electron chi connectivity index (χ2n) is 18.5. The number of hydrogen-bond acceptors (Lipinski definition) is 18. The predicted molar refractivity (Wildman–Crippen MR) is 226 cm³/mol. The van der Waals surface area contributed by atoms with E-state index in [0.717, 1.165) is 0 Å². The molecular formula is C45H75NO17. The van der Waals surface area contributed by atoms with E-state index in [1.165, 1.54) is 20.1 Å². The Morgan fingerprint density at radius 3 is 2.14 bits per heavy atom. The molecule has 4 rings (SSSR count). The van der Waals surface area contributed by atoms with Crippen LogP contribution in [0, 0.1) is 23.7 Å². The number of methoxy groups -OCH3 is 1. The number of aldehydes is 1. The third-order valence-electron chi connectivity index (χ3n) is 13.2. The van der Waals surface area contributed by atoms with E-state index < -0.39 is 140 Å². The van der Waals surface area contributed by atoms with E-state index in [-0.39, 0.29) is 31.7 Å². The van der Waals surface area contributed by atoms with E-state index in [0.29, 0.717) is 18.3 Å². The monoisotopic (exact) mass is 902 g/mol. The van der Waals surface area contributed by atoms with E-state index in [2.05, 4.69) is 0 Å². The molecule has 4 aliphatic rings. The number of ketones is 1. The fourth-order valence-electron chi connectivity index (χ4n) is 9.26. The third kappa shape index (κ3) is 13.4. The SMILES string of the molecule is CCC1OC(=O)CC(O)C(C)C(OC2OC(C)C(OC3CC(C)(O)C(O)C(C)O3)C(N(C)C)C2O)C(CC=O)CC(C)C(=O)/C=C/C(C)=C/C1COC1OC(C)C(O)C(O)C1OC. The zero-order chi connectivity index (χ0) is 47.1. The molecule has 362 valence electrons. The number of rotatable bonds is 12. The van der Waals surface area contributed by atoms with Crippen molar-refractivity contribution in [3.05, 3.63) is 23.8 Å². The highest BCUT2D eigenvalue weighted by Gasteiger charge is 2.51. The lowest BCUT2D eigenvalue weighted by Crippen LogP contribution is -2.65. The van der Waals surface area contributed by atoms with Crippen molar-refractivity contribution in [1.29, 1.82) is 0 Å². The minimum atomic E-state index is -1.49. The maximum absolute atomic E-state index is 13.7. The normalized spacial score (nSPS) is 46.5. The highest BCUT2D eigenvalue weighted by molar-refractivity contribution is 5.91. The first-order valence-corrected chi connectivity index (χ1v) is 22.3. The maximum atomic E-state index is 13.7. The van der Waals surface area contributed by atoms with Gasteiger partial charge in [-0.3, -0.25) is 9.59 Å². The summed E-state index contributed by atoms with van der Waals surface area (Å²) in [6, 6.07) is -0.754. The lowest BCUT2D eigenvalue weighted by atomic mass is 9.79. The van der Waals surface area contributed by atoms with E-state index >= 15 is 0 Å². The molecule has 0 aromatic heterocycles. The van der Waals surface area contributed by atoms with Crippen molar-refractivity contribution in [2.24, 2.45) is 23.7 Å². The molecule has 63 heavy (non-hydrogen) atoms. The average Bonchev–Trinajstić information content (AvgIpc) is 3.21. The van der Waals surface area contributed by atoms with Crippen LogP contribution in [-0.4, -0.2) is 185 Å². The zero-order valence-corrected chi connectivity index (χ0v) is 38.7. The van der Waals surface area contributed by atoms with Crippen LogP contribution < -0.4 is 0 Å². The third-order valence-corrected chi connectivity index (χ3v) is 13.2. The molecular weight excluding hydrogens is 826 g/mol. The van der Waals surface area contributed by atoms with Gasteiger partial charge < -0.3 is 78.2 Å². The summed E-state index contributed by atoms with van der Waals surface area (Å²) in [5.74, 6) is -3.70. The van der Waals surface area contributed by atoms with Gasteiger partial charge in [-0.25, -0.2) is 0 Å². The molecule has 0 radical (unpaired) electrons. The van der Waals surface area contributed by atoms with Gasteiger partial charge >= 0.3 is 5.97 Å². The van der Waals surface area contributed by atoms with Gasteiger partial charge in [0, 0.05) is 37.7 Å². The fourth-order valence-corrected chi connectivity index (χ4v) is 9.26. The van der Waals surface area contributed by atoms with Crippen molar-refractivity contribution in [3.63, 3.8) is 0 Å². The van der Waals surface area contributed by atoms with Crippen molar-refractivity contribution in [2.75, 3.05) is 27.8 Å². The summed E-state index contributed by atoms with van der Waals surface area (Å²) < 4.78 is 48.5. The predicted octanol–water partition coefficient (Wildman–Crippen LogP) is 1.18. The van der Waals surface area contributed by atoms with Crippen LogP contribution in [0.5, 0.6) is 0 Å². The number of allylic oxidation sites excluding steroid dienone is 3. The van der Waals surface area contributed by atoms with Crippen LogP contribution in [0.2, 0.25) is 0 Å². The van der Waals surface area contributed by atoms with E-state index in [1.807, 2.05) is 13.0 Å². The number of aliphatic hydroxyl groups is 6. The smallest absolute Gasteiger partial charge is 0.308 e. The van der Waals surface area contributed by atoms with Crippen LogP contribution in [0.4, 0.5) is 0 Å². The van der Waals surface area contributed by atoms with Crippen molar-refractivity contribution in [3.8, 4) is 0 Å². The van der Waals surface area contributed by atoms with Crippen molar-refractivity contribution < 1.29 is 82.9 Å². The maximum Gasteiger partial charge on any atom is 0.308 e. The Kier molecular flexibility index (Phi) is 19.9. The molecule has 3 fully saturated rings. The molecule has 4 heterocycles. The van der Waals surface area contributed by atoms with Gasteiger partial charge in [-0.2, -0.15) is 0 Å². The van der Waals surface area contributed by atoms with Crippen molar-refractivity contribution in [1.82, 2.24) is 4.90 Å². The highest BCUT2D eigenvalue weighted by atomic mass is 16.7. The lowest BCUT2D eigenvalue weighted by Gasteiger charge is -2.50. The van der Waals surface area contributed by atoms with Gasteiger partial charge in [0.25, 0.3) is 0 Å². The topological polar surface area (TPSA) is 250 Å². The second-order valence-corrected chi connectivity index (χ2v) is 18.5. The standard InChI is InChI=1S/C45H75NO17/c1-12-32-29(21-57-44-41(56-11)38(53)36(51)25(5)59-44)17-22(2)13-14-30(48)23(3)18-28(15-16-47)39(24(4)31(49)19-33(50)61-32)63-43-37(52)35(46(9)10)40(26(6)60-43)62-34-20-45(8,55)42(54)27(7)58-34/h13-14,16-17,23-29,31-32,34-44,49,51-55H,12,15,18-21H2,1-11H3/b14-13+,22-17+. The van der Waals surface area contributed by atoms with Crippen LogP contribution in [0.15, 0.2) is 23.8 Å². The van der Waals surface area contributed by atoms with E-state index in [4.69, 9.17) is 37.9 Å². The van der Waals surface area contributed by atoms with Gasteiger partial charge in [0.05, 0.1) is 55.2 Å². The van der Waals surface area contributed by atoms with Gasteiger partial charge in [-0.05, 0) is 73.5 Å². The number of carbonyl (C=O) groups is 3. The first-order chi connectivity index (χ1) is 29.5. The molecule has 18 heteroatoms. The molecule has 0 amide bonds. The van der Waals surface area contributed by atoms with Crippen LogP contribution in [0.25, 0.3) is 0 Å². The van der Waals surface area contributed by atoms with Gasteiger partial charge in [0.2, 0.25) is 0 Å². The number of esters is 1. The van der Waals surface area contributed by atoms with Crippen molar-refractivity contribution in [2.45, 2.75) is 191 Å². The lowest BCUT2D eigenvalue weighted by molar-refractivity contribution is -0.341. The highest BCUT2D eigenvalue weighted by Crippen LogP contribution is 2.37. The molecule has 0 aromatic carbocycles. The summed E-state index contributed by atoms with van der Waals surface area (Å²) in [6.45, 7) is 13.4. The summed E-state index contributed by atoms with van der Waals surface area (Å²) in [5.41, 5.74) is -0.837. The Morgan fingerprint density at radius 2 is 1.54 bits per heavy atom. The van der Waals surface area contributed by atoms with Crippen LogP contribution in [0.1, 0.15) is 87.5 Å². The zero-order valence-electron chi connectivity index (χ0n) is 38.7. The van der Waals surface area contributed by atoms with Gasteiger partial charge in [0.15, 0.2) is 24.7 Å². The number of ether oxygens (including phenoxy) is 8. The molecule has 4 aliphatic heterocycles. The Morgan fingerprint density at radius 1 is 0.873 bits per heavy atom. The largest absolute Gasteiger partial charge is 0.462 e. The molecule has 0 bridgehead atoms. The number of hydrogen-bond donors (Lipinski definition) is 6.